The third kappa shape index (κ3) is 3.55. The molecule has 0 radical (unpaired) electrons. The lowest BCUT2D eigenvalue weighted by Gasteiger charge is -2.13. The number of ether oxygens (including phenoxy) is 1. The number of carboxylic acid groups (broad SMARTS) is 1. The van der Waals surface area contributed by atoms with Gasteiger partial charge in [-0.15, -0.1) is 0 Å². The third-order valence-corrected chi connectivity index (χ3v) is 4.21. The summed E-state index contributed by atoms with van der Waals surface area (Å²) >= 11 is 3.34. The van der Waals surface area contributed by atoms with Crippen molar-refractivity contribution in [2.24, 2.45) is 0 Å². The number of rotatable bonds is 5. The van der Waals surface area contributed by atoms with E-state index in [1.165, 1.54) is 0 Å². The van der Waals surface area contributed by atoms with Gasteiger partial charge in [0.15, 0.2) is 0 Å². The molecule has 0 aromatic heterocycles. The molecule has 0 aliphatic heterocycles. The van der Waals surface area contributed by atoms with Crippen molar-refractivity contribution in [1.82, 2.24) is 0 Å². The van der Waals surface area contributed by atoms with E-state index in [4.69, 9.17) is 4.74 Å². The van der Waals surface area contributed by atoms with Crippen LogP contribution in [-0.4, -0.2) is 18.2 Å². The summed E-state index contributed by atoms with van der Waals surface area (Å²) in [6.07, 6.45) is 0. The minimum Gasteiger partial charge on any atom is -0.497 e. The number of hydrogen-bond donors (Lipinski definition) is 2. The predicted octanol–water partition coefficient (Wildman–Crippen LogP) is 4.08. The zero-order valence-electron chi connectivity index (χ0n) is 11.8. The third-order valence-electron chi connectivity index (χ3n) is 3.19. The van der Waals surface area contributed by atoms with E-state index in [9.17, 15) is 9.90 Å². The van der Waals surface area contributed by atoms with Crippen LogP contribution in [0.15, 0.2) is 40.9 Å². The smallest absolute Gasteiger partial charge is 0.338 e. The molecule has 0 bridgehead atoms. The Hall–Kier alpha value is -2.01. The van der Waals surface area contributed by atoms with Crippen LogP contribution in [0.5, 0.6) is 5.75 Å². The van der Waals surface area contributed by atoms with Crippen molar-refractivity contribution in [3.05, 3.63) is 57.6 Å². The highest BCUT2D eigenvalue weighted by atomic mass is 79.9. The number of benzene rings is 2. The molecule has 4 nitrogen and oxygen atoms in total. The Morgan fingerprint density at radius 2 is 1.90 bits per heavy atom. The Morgan fingerprint density at radius 1 is 1.24 bits per heavy atom. The van der Waals surface area contributed by atoms with Crippen LogP contribution in [-0.2, 0) is 6.54 Å². The molecule has 0 spiro atoms. The first-order valence-corrected chi connectivity index (χ1v) is 7.21. The zero-order valence-corrected chi connectivity index (χ0v) is 13.4. The molecule has 21 heavy (non-hydrogen) atoms. The van der Waals surface area contributed by atoms with E-state index in [1.54, 1.807) is 13.2 Å². The number of anilines is 1. The molecule has 0 atom stereocenters. The van der Waals surface area contributed by atoms with Crippen LogP contribution in [0.3, 0.4) is 0 Å². The Kier molecular flexibility index (Phi) is 4.85. The van der Waals surface area contributed by atoms with Crippen molar-refractivity contribution in [1.29, 1.82) is 0 Å². The van der Waals surface area contributed by atoms with Gasteiger partial charge in [0, 0.05) is 11.0 Å². The molecule has 0 aliphatic carbocycles. The summed E-state index contributed by atoms with van der Waals surface area (Å²) in [5.41, 5.74) is 2.78. The average molecular weight is 350 g/mol. The molecule has 0 fully saturated rings. The highest BCUT2D eigenvalue weighted by Crippen LogP contribution is 2.28. The lowest BCUT2D eigenvalue weighted by molar-refractivity contribution is 0.0697. The van der Waals surface area contributed by atoms with E-state index in [0.29, 0.717) is 16.7 Å². The fourth-order valence-electron chi connectivity index (χ4n) is 1.98. The minimum atomic E-state index is -0.956. The number of hydrogen-bond acceptors (Lipinski definition) is 3. The molecule has 110 valence electrons. The van der Waals surface area contributed by atoms with Crippen molar-refractivity contribution in [2.45, 2.75) is 13.5 Å². The SMILES string of the molecule is COc1ccc(CNc2ccc(C)c(Br)c2C(=O)O)cc1. The standard InChI is InChI=1S/C16H16BrNO3/c1-10-3-8-13(14(15(10)17)16(19)20)18-9-11-4-6-12(21-2)7-5-11/h3-8,18H,9H2,1-2H3,(H,19,20). The summed E-state index contributed by atoms with van der Waals surface area (Å²) in [7, 11) is 1.62. The number of aryl methyl sites for hydroxylation is 1. The first-order chi connectivity index (χ1) is 10.0. The van der Waals surface area contributed by atoms with E-state index in [2.05, 4.69) is 21.2 Å². The van der Waals surface area contributed by atoms with Crippen LogP contribution >= 0.6 is 15.9 Å². The fraction of sp³-hybridized carbons (Fsp3) is 0.188. The Morgan fingerprint density at radius 3 is 2.48 bits per heavy atom. The van der Waals surface area contributed by atoms with Gasteiger partial charge in [0.2, 0.25) is 0 Å². The quantitative estimate of drug-likeness (QED) is 0.853. The number of methoxy groups -OCH3 is 1. The summed E-state index contributed by atoms with van der Waals surface area (Å²) in [6.45, 7) is 2.41. The van der Waals surface area contributed by atoms with Gasteiger partial charge in [-0.25, -0.2) is 4.79 Å². The lowest BCUT2D eigenvalue weighted by Crippen LogP contribution is -2.08. The van der Waals surface area contributed by atoms with Crippen molar-refractivity contribution in [2.75, 3.05) is 12.4 Å². The molecule has 2 N–H and O–H groups in total. The number of aromatic carboxylic acids is 1. The molecular weight excluding hydrogens is 334 g/mol. The number of carbonyl (C=O) groups is 1. The number of halogens is 1. The summed E-state index contributed by atoms with van der Waals surface area (Å²) < 4.78 is 5.71. The van der Waals surface area contributed by atoms with E-state index >= 15 is 0 Å². The van der Waals surface area contributed by atoms with Gasteiger partial charge >= 0.3 is 5.97 Å². The lowest BCUT2D eigenvalue weighted by atomic mass is 10.1. The maximum atomic E-state index is 11.4. The van der Waals surface area contributed by atoms with E-state index < -0.39 is 5.97 Å². The first kappa shape index (κ1) is 15.4. The van der Waals surface area contributed by atoms with Gasteiger partial charge < -0.3 is 15.2 Å². The molecule has 0 heterocycles. The summed E-state index contributed by atoms with van der Waals surface area (Å²) in [5.74, 6) is -0.161. The molecule has 0 amide bonds. The van der Waals surface area contributed by atoms with Crippen LogP contribution in [0, 0.1) is 6.92 Å². The largest absolute Gasteiger partial charge is 0.497 e. The second kappa shape index (κ2) is 6.63. The van der Waals surface area contributed by atoms with Crippen molar-refractivity contribution in [3.63, 3.8) is 0 Å². The van der Waals surface area contributed by atoms with Gasteiger partial charge in [0.1, 0.15) is 5.75 Å². The molecule has 0 saturated carbocycles. The predicted molar refractivity (Wildman–Crippen MR) is 86.2 cm³/mol. The molecule has 2 rings (SSSR count). The average Bonchev–Trinajstić information content (AvgIpc) is 2.48. The van der Waals surface area contributed by atoms with Gasteiger partial charge in [-0.05, 0) is 52.2 Å². The molecular formula is C16H16BrNO3. The summed E-state index contributed by atoms with van der Waals surface area (Å²) in [4.78, 5) is 11.4. The molecule has 2 aromatic carbocycles. The second-order valence-corrected chi connectivity index (χ2v) is 5.42. The molecule has 0 aliphatic rings. The van der Waals surface area contributed by atoms with Gasteiger partial charge in [-0.1, -0.05) is 18.2 Å². The van der Waals surface area contributed by atoms with Gasteiger partial charge in [-0.2, -0.15) is 0 Å². The van der Waals surface area contributed by atoms with Crippen LogP contribution in [0.25, 0.3) is 0 Å². The van der Waals surface area contributed by atoms with Crippen LogP contribution in [0.4, 0.5) is 5.69 Å². The number of carboxylic acids is 1. The topological polar surface area (TPSA) is 58.6 Å². The highest BCUT2D eigenvalue weighted by Gasteiger charge is 2.15. The monoisotopic (exact) mass is 349 g/mol. The fourth-order valence-corrected chi connectivity index (χ4v) is 2.49. The van der Waals surface area contributed by atoms with Gasteiger partial charge in [0.25, 0.3) is 0 Å². The maximum Gasteiger partial charge on any atom is 0.338 e. The Labute approximate surface area is 131 Å². The molecule has 0 unspecified atom stereocenters. The second-order valence-electron chi connectivity index (χ2n) is 4.63. The van der Waals surface area contributed by atoms with E-state index in [0.717, 1.165) is 16.9 Å². The maximum absolute atomic E-state index is 11.4. The van der Waals surface area contributed by atoms with Crippen LogP contribution in [0.1, 0.15) is 21.5 Å². The number of nitrogens with one attached hydrogen (secondary N) is 1. The Bertz CT molecular complexity index is 653. The van der Waals surface area contributed by atoms with E-state index in [-0.39, 0.29) is 5.56 Å². The molecule has 5 heteroatoms. The molecule has 2 aromatic rings. The summed E-state index contributed by atoms with van der Waals surface area (Å²) in [5, 5.41) is 12.5. The zero-order chi connectivity index (χ0) is 15.4. The highest BCUT2D eigenvalue weighted by molar-refractivity contribution is 9.10. The van der Waals surface area contributed by atoms with Gasteiger partial charge in [-0.3, -0.25) is 0 Å². The van der Waals surface area contributed by atoms with Crippen LogP contribution in [0.2, 0.25) is 0 Å². The normalized spacial score (nSPS) is 10.2. The molecule has 0 saturated heterocycles. The van der Waals surface area contributed by atoms with Crippen LogP contribution < -0.4 is 10.1 Å². The van der Waals surface area contributed by atoms with Crippen molar-refractivity contribution >= 4 is 27.6 Å². The van der Waals surface area contributed by atoms with Crippen molar-refractivity contribution < 1.29 is 14.6 Å². The summed E-state index contributed by atoms with van der Waals surface area (Å²) in [6, 6.07) is 11.3. The first-order valence-electron chi connectivity index (χ1n) is 6.42. The minimum absolute atomic E-state index is 0.253. The van der Waals surface area contributed by atoms with Gasteiger partial charge in [0.05, 0.1) is 18.4 Å². The Balaban J connectivity index is 2.19. The van der Waals surface area contributed by atoms with Crippen molar-refractivity contribution in [3.8, 4) is 5.75 Å². The van der Waals surface area contributed by atoms with E-state index in [1.807, 2.05) is 37.3 Å².